The molecule has 0 aliphatic rings. The molecule has 0 saturated heterocycles. The van der Waals surface area contributed by atoms with Crippen LogP contribution in [0.2, 0.25) is 0 Å². The summed E-state index contributed by atoms with van der Waals surface area (Å²) in [7, 11) is -3.86. The number of rotatable bonds is 4. The Morgan fingerprint density at radius 2 is 1.69 bits per heavy atom. The Bertz CT molecular complexity index is 511. The topological polar surface area (TPSA) is 89.0 Å². The van der Waals surface area contributed by atoms with E-state index in [1.54, 1.807) is 13.8 Å². The molecule has 0 saturated carbocycles. The second-order valence-electron chi connectivity index (χ2n) is 3.39. The molecule has 1 N–H and O–H groups in total. The Morgan fingerprint density at radius 3 is 2.25 bits per heavy atom. The Labute approximate surface area is 94.2 Å². The molecule has 0 spiro atoms. The van der Waals surface area contributed by atoms with E-state index in [0.29, 0.717) is 11.4 Å². The molecule has 88 valence electrons. The van der Waals surface area contributed by atoms with E-state index in [2.05, 4.69) is 14.7 Å². The average molecular weight is 243 g/mol. The summed E-state index contributed by atoms with van der Waals surface area (Å²) in [5, 5.41) is 0. The van der Waals surface area contributed by atoms with Crippen molar-refractivity contribution in [2.45, 2.75) is 27.3 Å². The van der Waals surface area contributed by atoms with E-state index in [9.17, 15) is 13.2 Å². The highest BCUT2D eigenvalue weighted by molar-refractivity contribution is 8.02. The first-order valence-corrected chi connectivity index (χ1v) is 6.16. The summed E-state index contributed by atoms with van der Waals surface area (Å²) in [6.45, 7) is 5.33. The number of carbonyl (C=O) groups excluding carboxylic acids is 1. The fraction of sp³-hybridized carbons (Fsp3) is 0.444. The molecule has 0 fully saturated rings. The van der Waals surface area contributed by atoms with Crippen LogP contribution in [0, 0.1) is 20.8 Å². The van der Waals surface area contributed by atoms with Crippen molar-refractivity contribution in [3.63, 3.8) is 0 Å². The lowest BCUT2D eigenvalue weighted by molar-refractivity contribution is 0.551. The van der Waals surface area contributed by atoms with E-state index >= 15 is 0 Å². The molecule has 0 unspecified atom stereocenters. The van der Waals surface area contributed by atoms with Crippen LogP contribution in [0.5, 0.6) is 0 Å². The summed E-state index contributed by atoms with van der Waals surface area (Å²) in [6, 6.07) is 0. The molecule has 0 aliphatic carbocycles. The van der Waals surface area contributed by atoms with Crippen LogP contribution < -0.4 is 4.72 Å². The maximum Gasteiger partial charge on any atom is 0.271 e. The van der Waals surface area contributed by atoms with Crippen molar-refractivity contribution >= 4 is 15.6 Å². The van der Waals surface area contributed by atoms with Crippen LogP contribution in [0.1, 0.15) is 22.8 Å². The van der Waals surface area contributed by atoms with Gasteiger partial charge in [0.1, 0.15) is 0 Å². The maximum atomic E-state index is 10.9. The first-order valence-electron chi connectivity index (χ1n) is 4.61. The van der Waals surface area contributed by atoms with Crippen molar-refractivity contribution in [2.75, 3.05) is 0 Å². The number of hydrogen-bond donors (Lipinski definition) is 1. The van der Waals surface area contributed by atoms with Crippen LogP contribution >= 0.6 is 0 Å². The smallest absolute Gasteiger partial charge is 0.271 e. The number of nitrogens with zero attached hydrogens (tertiary/aromatic N) is 2. The molecular formula is C9H13N3O3S. The third-order valence-electron chi connectivity index (χ3n) is 2.15. The fourth-order valence-electron chi connectivity index (χ4n) is 1.13. The lowest BCUT2D eigenvalue weighted by atomic mass is 10.2. The van der Waals surface area contributed by atoms with Gasteiger partial charge in [0.2, 0.25) is 5.62 Å². The number of nitrogens with one attached hydrogen (secondary N) is 1. The van der Waals surface area contributed by atoms with Crippen LogP contribution in [0.4, 0.5) is 0 Å². The van der Waals surface area contributed by atoms with Gasteiger partial charge in [0.05, 0.1) is 29.3 Å². The normalized spacial score (nSPS) is 11.4. The van der Waals surface area contributed by atoms with Gasteiger partial charge in [-0.25, -0.2) is 13.1 Å². The molecule has 16 heavy (non-hydrogen) atoms. The van der Waals surface area contributed by atoms with E-state index in [1.165, 1.54) is 0 Å². The largest absolute Gasteiger partial charge is 0.284 e. The molecule has 0 bridgehead atoms. The second kappa shape index (κ2) is 4.67. The highest BCUT2D eigenvalue weighted by Gasteiger charge is 2.10. The lowest BCUT2D eigenvalue weighted by Gasteiger charge is -2.07. The monoisotopic (exact) mass is 243 g/mol. The van der Waals surface area contributed by atoms with Gasteiger partial charge >= 0.3 is 0 Å². The van der Waals surface area contributed by atoms with E-state index < -0.39 is 10.0 Å². The van der Waals surface area contributed by atoms with Gasteiger partial charge in [-0.05, 0) is 20.8 Å². The number of hydrogen-bond acceptors (Lipinski definition) is 5. The van der Waals surface area contributed by atoms with Crippen molar-refractivity contribution in [3.8, 4) is 0 Å². The van der Waals surface area contributed by atoms with Crippen molar-refractivity contribution in [1.29, 1.82) is 0 Å². The Hall–Kier alpha value is -1.34. The number of aromatic nitrogens is 2. The number of sulfonamides is 1. The molecule has 6 nitrogen and oxygen atoms in total. The molecule has 0 radical (unpaired) electrons. The average Bonchev–Trinajstić information content (AvgIpc) is 2.22. The van der Waals surface area contributed by atoms with Crippen molar-refractivity contribution in [3.05, 3.63) is 22.8 Å². The SMILES string of the molecule is Cc1nc(C)c(CNS(=O)(=O)C=O)nc1C. The van der Waals surface area contributed by atoms with Gasteiger partial charge in [0.25, 0.3) is 10.0 Å². The standard InChI is InChI=1S/C9H13N3O3S/c1-6-7(2)12-9(8(3)11-6)4-10-16(14,15)5-13/h5,10H,4H2,1-3H3. The van der Waals surface area contributed by atoms with Crippen LogP contribution in [0.25, 0.3) is 0 Å². The molecule has 0 atom stereocenters. The molecule has 0 amide bonds. The van der Waals surface area contributed by atoms with Crippen molar-refractivity contribution in [1.82, 2.24) is 14.7 Å². The molecule has 1 aromatic heterocycles. The minimum absolute atomic E-state index is 0.0268. The van der Waals surface area contributed by atoms with Gasteiger partial charge in [0.15, 0.2) is 0 Å². The zero-order chi connectivity index (χ0) is 12.3. The van der Waals surface area contributed by atoms with Crippen molar-refractivity contribution in [2.24, 2.45) is 0 Å². The zero-order valence-electron chi connectivity index (χ0n) is 9.31. The molecule has 0 aromatic carbocycles. The number of aryl methyl sites for hydroxylation is 3. The van der Waals surface area contributed by atoms with E-state index in [-0.39, 0.29) is 12.2 Å². The third-order valence-corrected chi connectivity index (χ3v) is 2.95. The molecule has 1 aromatic rings. The van der Waals surface area contributed by atoms with Crippen LogP contribution in [0.15, 0.2) is 0 Å². The minimum Gasteiger partial charge on any atom is -0.284 e. The van der Waals surface area contributed by atoms with Crippen molar-refractivity contribution < 1.29 is 13.2 Å². The highest BCUT2D eigenvalue weighted by atomic mass is 32.2. The third kappa shape index (κ3) is 3.07. The van der Waals surface area contributed by atoms with Gasteiger partial charge in [-0.1, -0.05) is 0 Å². The molecule has 0 aliphatic heterocycles. The van der Waals surface area contributed by atoms with Gasteiger partial charge in [-0.2, -0.15) is 0 Å². The lowest BCUT2D eigenvalue weighted by Crippen LogP contribution is -2.25. The molecule has 7 heteroatoms. The predicted molar refractivity (Wildman–Crippen MR) is 58.8 cm³/mol. The summed E-state index contributed by atoms with van der Waals surface area (Å²) in [5.41, 5.74) is 2.59. The Balaban J connectivity index is 2.91. The molecule has 1 heterocycles. The summed E-state index contributed by atoms with van der Waals surface area (Å²) in [5.74, 6) is 0. The van der Waals surface area contributed by atoms with Gasteiger partial charge in [-0.15, -0.1) is 0 Å². The van der Waals surface area contributed by atoms with E-state index in [4.69, 9.17) is 0 Å². The van der Waals surface area contributed by atoms with E-state index in [1.807, 2.05) is 6.92 Å². The number of carbonyl (C=O) groups is 1. The molecular weight excluding hydrogens is 230 g/mol. The summed E-state index contributed by atoms with van der Waals surface area (Å²) >= 11 is 0. The van der Waals surface area contributed by atoms with Crippen LogP contribution in [-0.4, -0.2) is 24.0 Å². The minimum atomic E-state index is -3.86. The quantitative estimate of drug-likeness (QED) is 0.752. The van der Waals surface area contributed by atoms with E-state index in [0.717, 1.165) is 11.4 Å². The first kappa shape index (κ1) is 12.7. The first-order chi connectivity index (χ1) is 7.35. The Morgan fingerprint density at radius 1 is 1.12 bits per heavy atom. The maximum absolute atomic E-state index is 10.9. The summed E-state index contributed by atoms with van der Waals surface area (Å²) in [4.78, 5) is 18.6. The Kier molecular flexibility index (Phi) is 3.71. The second-order valence-corrected chi connectivity index (χ2v) is 4.96. The van der Waals surface area contributed by atoms with Gasteiger partial charge in [0, 0.05) is 0 Å². The zero-order valence-corrected chi connectivity index (χ0v) is 10.1. The van der Waals surface area contributed by atoms with Crippen LogP contribution in [0.3, 0.4) is 0 Å². The highest BCUT2D eigenvalue weighted by Crippen LogP contribution is 2.06. The van der Waals surface area contributed by atoms with Gasteiger partial charge < -0.3 is 0 Å². The van der Waals surface area contributed by atoms with Crippen LogP contribution in [-0.2, 0) is 21.4 Å². The van der Waals surface area contributed by atoms with Gasteiger partial charge in [-0.3, -0.25) is 14.8 Å². The summed E-state index contributed by atoms with van der Waals surface area (Å²) < 4.78 is 23.9. The predicted octanol–water partition coefficient (Wildman–Crippen LogP) is 0.0115. The summed E-state index contributed by atoms with van der Waals surface area (Å²) in [6.07, 6.45) is 0. The molecule has 1 rings (SSSR count). The fourth-order valence-corrected chi connectivity index (χ4v) is 1.54.